The van der Waals surface area contributed by atoms with E-state index in [1.165, 1.54) is 6.07 Å². The van der Waals surface area contributed by atoms with Crippen LogP contribution < -0.4 is 5.32 Å². The molecule has 0 aromatic heterocycles. The van der Waals surface area contributed by atoms with Crippen molar-refractivity contribution in [3.63, 3.8) is 0 Å². The fourth-order valence-corrected chi connectivity index (χ4v) is 2.80. The molecule has 18 heavy (non-hydrogen) atoms. The number of nitrogens with one attached hydrogen (secondary N) is 1. The van der Waals surface area contributed by atoms with Crippen molar-refractivity contribution in [2.45, 2.75) is 45.1 Å². The van der Waals surface area contributed by atoms with Crippen molar-refractivity contribution in [3.05, 3.63) is 35.6 Å². The van der Waals surface area contributed by atoms with E-state index in [1.807, 2.05) is 13.0 Å². The first-order valence-electron chi connectivity index (χ1n) is 6.47. The molecular formula is C15H20FNO. The Morgan fingerprint density at radius 2 is 2.22 bits per heavy atom. The van der Waals surface area contributed by atoms with E-state index >= 15 is 0 Å². The van der Waals surface area contributed by atoms with E-state index < -0.39 is 0 Å². The minimum atomic E-state index is -0.302. The van der Waals surface area contributed by atoms with Gasteiger partial charge >= 0.3 is 0 Å². The van der Waals surface area contributed by atoms with E-state index in [9.17, 15) is 9.18 Å². The van der Waals surface area contributed by atoms with Gasteiger partial charge in [0.2, 0.25) is 5.91 Å². The van der Waals surface area contributed by atoms with Gasteiger partial charge in [-0.2, -0.15) is 0 Å². The van der Waals surface area contributed by atoms with E-state index in [1.54, 1.807) is 12.1 Å². The maximum atomic E-state index is 13.4. The molecule has 0 bridgehead atoms. The molecule has 1 N–H and O–H groups in total. The molecule has 1 aromatic rings. The first-order chi connectivity index (χ1) is 8.41. The standard InChI is InChI=1S/C15H20FNO/c1-10(2)7-13-15(3,9-14(18)17-13)11-5-4-6-12(16)8-11/h4-6,8,10,13H,7,9H2,1-3H3,(H,17,18). The van der Waals surface area contributed by atoms with Crippen LogP contribution in [0.4, 0.5) is 4.39 Å². The average molecular weight is 249 g/mol. The third-order valence-electron chi connectivity index (χ3n) is 3.82. The van der Waals surface area contributed by atoms with Gasteiger partial charge in [0.25, 0.3) is 0 Å². The van der Waals surface area contributed by atoms with Crippen LogP contribution in [0, 0.1) is 11.7 Å². The molecule has 1 aliphatic rings. The number of amides is 1. The Morgan fingerprint density at radius 1 is 1.50 bits per heavy atom. The molecule has 2 rings (SSSR count). The first kappa shape index (κ1) is 13.1. The summed E-state index contributed by atoms with van der Waals surface area (Å²) in [4.78, 5) is 11.7. The van der Waals surface area contributed by atoms with Crippen molar-refractivity contribution < 1.29 is 9.18 Å². The molecule has 2 unspecified atom stereocenters. The number of benzene rings is 1. The maximum absolute atomic E-state index is 13.4. The van der Waals surface area contributed by atoms with Crippen molar-refractivity contribution in [1.82, 2.24) is 5.32 Å². The molecule has 0 spiro atoms. The maximum Gasteiger partial charge on any atom is 0.221 e. The van der Waals surface area contributed by atoms with Gasteiger partial charge in [0.15, 0.2) is 0 Å². The van der Waals surface area contributed by atoms with Gasteiger partial charge in [-0.1, -0.05) is 32.9 Å². The summed E-state index contributed by atoms with van der Waals surface area (Å²) >= 11 is 0. The molecular weight excluding hydrogens is 229 g/mol. The fourth-order valence-electron chi connectivity index (χ4n) is 2.80. The van der Waals surface area contributed by atoms with Gasteiger partial charge in [0.05, 0.1) is 0 Å². The largest absolute Gasteiger partial charge is 0.352 e. The van der Waals surface area contributed by atoms with Crippen LogP contribution in [0.15, 0.2) is 24.3 Å². The SMILES string of the molecule is CC(C)CC1NC(=O)CC1(C)c1cccc(F)c1. The molecule has 2 atom stereocenters. The summed E-state index contributed by atoms with van der Waals surface area (Å²) in [5, 5.41) is 3.03. The second kappa shape index (κ2) is 4.71. The topological polar surface area (TPSA) is 29.1 Å². The Bertz CT molecular complexity index is 458. The Hall–Kier alpha value is -1.38. The van der Waals surface area contributed by atoms with E-state index in [0.717, 1.165) is 12.0 Å². The third-order valence-corrected chi connectivity index (χ3v) is 3.82. The van der Waals surface area contributed by atoms with E-state index in [2.05, 4.69) is 19.2 Å². The molecule has 3 heteroatoms. The van der Waals surface area contributed by atoms with E-state index in [4.69, 9.17) is 0 Å². The normalized spacial score (nSPS) is 27.6. The van der Waals surface area contributed by atoms with Crippen molar-refractivity contribution >= 4 is 5.91 Å². The lowest BCUT2D eigenvalue weighted by Gasteiger charge is -2.32. The quantitative estimate of drug-likeness (QED) is 0.876. The number of carbonyl (C=O) groups is 1. The van der Waals surface area contributed by atoms with Crippen LogP contribution in [0.3, 0.4) is 0 Å². The lowest BCUT2D eigenvalue weighted by molar-refractivity contribution is -0.119. The van der Waals surface area contributed by atoms with Crippen molar-refractivity contribution in [3.8, 4) is 0 Å². The molecule has 98 valence electrons. The smallest absolute Gasteiger partial charge is 0.221 e. The molecule has 1 aromatic carbocycles. The lowest BCUT2D eigenvalue weighted by atomic mass is 9.73. The highest BCUT2D eigenvalue weighted by Gasteiger charge is 2.44. The van der Waals surface area contributed by atoms with Crippen molar-refractivity contribution in [1.29, 1.82) is 0 Å². The Kier molecular flexibility index (Phi) is 3.42. The fraction of sp³-hybridized carbons (Fsp3) is 0.533. The summed E-state index contributed by atoms with van der Waals surface area (Å²) in [6, 6.07) is 6.70. The Labute approximate surface area is 108 Å². The highest BCUT2D eigenvalue weighted by molar-refractivity contribution is 5.81. The molecule has 1 fully saturated rings. The molecule has 0 saturated carbocycles. The summed E-state index contributed by atoms with van der Waals surface area (Å²) in [5.41, 5.74) is 0.607. The van der Waals surface area contributed by atoms with Crippen molar-refractivity contribution in [2.24, 2.45) is 5.92 Å². The number of halogens is 1. The predicted octanol–water partition coefficient (Wildman–Crippen LogP) is 3.02. The van der Waals surface area contributed by atoms with Gasteiger partial charge < -0.3 is 5.32 Å². The average Bonchev–Trinajstić information content (AvgIpc) is 2.54. The van der Waals surface area contributed by atoms with Crippen LogP contribution in [0.2, 0.25) is 0 Å². The van der Waals surface area contributed by atoms with Crippen molar-refractivity contribution in [2.75, 3.05) is 0 Å². The van der Waals surface area contributed by atoms with Gasteiger partial charge in [-0.25, -0.2) is 4.39 Å². The number of hydrogen-bond donors (Lipinski definition) is 1. The van der Waals surface area contributed by atoms with Gasteiger partial charge in [-0.3, -0.25) is 4.79 Å². The van der Waals surface area contributed by atoms with Gasteiger partial charge in [-0.05, 0) is 30.0 Å². The highest BCUT2D eigenvalue weighted by atomic mass is 19.1. The zero-order chi connectivity index (χ0) is 13.3. The molecule has 1 saturated heterocycles. The zero-order valence-corrected chi connectivity index (χ0v) is 11.2. The first-order valence-corrected chi connectivity index (χ1v) is 6.47. The minimum Gasteiger partial charge on any atom is -0.352 e. The number of hydrogen-bond acceptors (Lipinski definition) is 1. The summed E-state index contributed by atoms with van der Waals surface area (Å²) in [7, 11) is 0. The van der Waals surface area contributed by atoms with Crippen LogP contribution in [-0.4, -0.2) is 11.9 Å². The van der Waals surface area contributed by atoms with Crippen LogP contribution in [0.1, 0.15) is 39.2 Å². The van der Waals surface area contributed by atoms with Gasteiger partial charge in [-0.15, -0.1) is 0 Å². The summed E-state index contributed by atoms with van der Waals surface area (Å²) in [5.74, 6) is 0.324. The van der Waals surface area contributed by atoms with Crippen LogP contribution in [0.25, 0.3) is 0 Å². The summed E-state index contributed by atoms with van der Waals surface area (Å²) in [6.07, 6.45) is 1.35. The Morgan fingerprint density at radius 3 is 2.83 bits per heavy atom. The number of carbonyl (C=O) groups excluding carboxylic acids is 1. The second-order valence-electron chi connectivity index (χ2n) is 5.85. The lowest BCUT2D eigenvalue weighted by Crippen LogP contribution is -2.39. The molecule has 2 nitrogen and oxygen atoms in total. The Balaban J connectivity index is 2.34. The van der Waals surface area contributed by atoms with Gasteiger partial charge in [0.1, 0.15) is 5.82 Å². The molecule has 0 radical (unpaired) electrons. The van der Waals surface area contributed by atoms with Crippen LogP contribution >= 0.6 is 0 Å². The molecule has 1 amide bonds. The molecule has 0 aliphatic carbocycles. The van der Waals surface area contributed by atoms with Crippen LogP contribution in [0.5, 0.6) is 0 Å². The summed E-state index contributed by atoms with van der Waals surface area (Å²) < 4.78 is 13.4. The third kappa shape index (κ3) is 2.40. The zero-order valence-electron chi connectivity index (χ0n) is 11.2. The van der Waals surface area contributed by atoms with Gasteiger partial charge in [0, 0.05) is 17.9 Å². The van der Waals surface area contributed by atoms with E-state index in [0.29, 0.717) is 12.3 Å². The minimum absolute atomic E-state index is 0.0624. The molecule has 1 heterocycles. The number of rotatable bonds is 3. The predicted molar refractivity (Wildman–Crippen MR) is 69.8 cm³/mol. The van der Waals surface area contributed by atoms with Crippen LogP contribution in [-0.2, 0) is 10.2 Å². The summed E-state index contributed by atoms with van der Waals surface area (Å²) in [6.45, 7) is 6.32. The highest BCUT2D eigenvalue weighted by Crippen LogP contribution is 2.38. The second-order valence-corrected chi connectivity index (χ2v) is 5.85. The monoisotopic (exact) mass is 249 g/mol. The molecule has 1 aliphatic heterocycles. The van der Waals surface area contributed by atoms with E-state index in [-0.39, 0.29) is 23.2 Å².